The number of carbonyl (C=O) groups is 1. The second kappa shape index (κ2) is 7.67. The number of carbonyl (C=O) groups excluding carboxylic acids is 1. The molecule has 1 rings (SSSR count). The van der Waals surface area contributed by atoms with Crippen molar-refractivity contribution in [2.75, 3.05) is 13.1 Å². The minimum absolute atomic E-state index is 0.0497. The molecule has 0 aromatic heterocycles. The van der Waals surface area contributed by atoms with Crippen LogP contribution < -0.4 is 10.6 Å². The van der Waals surface area contributed by atoms with Crippen molar-refractivity contribution in [1.82, 2.24) is 10.6 Å². The number of aliphatic hydroxyl groups is 1. The number of hydrogen-bond donors (Lipinski definition) is 3. The molecule has 0 aromatic carbocycles. The second-order valence-corrected chi connectivity index (χ2v) is 5.46. The summed E-state index contributed by atoms with van der Waals surface area (Å²) in [4.78, 5) is 11.5. The number of amides is 1. The molecule has 0 spiro atoms. The first kappa shape index (κ1) is 14.5. The maximum atomic E-state index is 11.5. The van der Waals surface area contributed by atoms with Gasteiger partial charge in [-0.2, -0.15) is 0 Å². The van der Waals surface area contributed by atoms with Gasteiger partial charge in [0, 0.05) is 12.6 Å². The van der Waals surface area contributed by atoms with Gasteiger partial charge in [0.15, 0.2) is 0 Å². The van der Waals surface area contributed by atoms with Crippen molar-refractivity contribution in [2.45, 2.75) is 58.1 Å². The van der Waals surface area contributed by atoms with Crippen LogP contribution in [0.25, 0.3) is 0 Å². The molecule has 1 fully saturated rings. The lowest BCUT2D eigenvalue weighted by atomic mass is 10.1. The lowest BCUT2D eigenvalue weighted by Crippen LogP contribution is -2.41. The van der Waals surface area contributed by atoms with Gasteiger partial charge >= 0.3 is 0 Å². The molecule has 3 N–H and O–H groups in total. The molecule has 1 aliphatic rings. The number of rotatable bonds is 7. The van der Waals surface area contributed by atoms with Crippen LogP contribution >= 0.6 is 0 Å². The molecule has 0 bridgehead atoms. The molecule has 0 aromatic rings. The molecule has 4 nitrogen and oxygen atoms in total. The zero-order chi connectivity index (χ0) is 12.7. The smallest absolute Gasteiger partial charge is 0.234 e. The van der Waals surface area contributed by atoms with Gasteiger partial charge in [0.2, 0.25) is 5.91 Å². The molecule has 4 heteroatoms. The standard InChI is InChI=1S/C13H26N2O2/c1-10(2)7-12(16)8-14-9-13(17)15-11-5-3-4-6-11/h10-12,14,16H,3-9H2,1-2H3,(H,15,17). The van der Waals surface area contributed by atoms with E-state index in [1.807, 2.05) is 0 Å². The minimum atomic E-state index is -0.353. The molecule has 1 atom stereocenters. The molecule has 0 heterocycles. The van der Waals surface area contributed by atoms with E-state index in [9.17, 15) is 9.90 Å². The van der Waals surface area contributed by atoms with Crippen LogP contribution in [0.1, 0.15) is 46.0 Å². The summed E-state index contributed by atoms with van der Waals surface area (Å²) in [6.07, 6.45) is 5.10. The number of hydrogen-bond acceptors (Lipinski definition) is 3. The molecule has 1 saturated carbocycles. The monoisotopic (exact) mass is 242 g/mol. The summed E-state index contributed by atoms with van der Waals surface area (Å²) in [5.41, 5.74) is 0. The maximum Gasteiger partial charge on any atom is 0.234 e. The van der Waals surface area contributed by atoms with Crippen LogP contribution in [0.2, 0.25) is 0 Å². The van der Waals surface area contributed by atoms with Gasteiger partial charge in [0.1, 0.15) is 0 Å². The Hall–Kier alpha value is -0.610. The SMILES string of the molecule is CC(C)CC(O)CNCC(=O)NC1CCCC1. The topological polar surface area (TPSA) is 61.4 Å². The highest BCUT2D eigenvalue weighted by molar-refractivity contribution is 5.78. The first-order valence-electron chi connectivity index (χ1n) is 6.76. The fourth-order valence-corrected chi connectivity index (χ4v) is 2.33. The maximum absolute atomic E-state index is 11.5. The normalized spacial score (nSPS) is 18.6. The Morgan fingerprint density at radius 3 is 2.59 bits per heavy atom. The van der Waals surface area contributed by atoms with E-state index in [1.165, 1.54) is 12.8 Å². The van der Waals surface area contributed by atoms with E-state index in [1.54, 1.807) is 0 Å². The molecule has 1 unspecified atom stereocenters. The Morgan fingerprint density at radius 1 is 1.35 bits per heavy atom. The van der Waals surface area contributed by atoms with Gasteiger partial charge in [-0.05, 0) is 25.2 Å². The van der Waals surface area contributed by atoms with E-state index >= 15 is 0 Å². The van der Waals surface area contributed by atoms with Crippen LogP contribution in [0, 0.1) is 5.92 Å². The van der Waals surface area contributed by atoms with Crippen molar-refractivity contribution in [2.24, 2.45) is 5.92 Å². The molecular weight excluding hydrogens is 216 g/mol. The van der Waals surface area contributed by atoms with Crippen molar-refractivity contribution in [1.29, 1.82) is 0 Å². The number of nitrogens with one attached hydrogen (secondary N) is 2. The summed E-state index contributed by atoms with van der Waals surface area (Å²) in [5, 5.41) is 15.6. The highest BCUT2D eigenvalue weighted by atomic mass is 16.3. The Kier molecular flexibility index (Phi) is 6.52. The number of aliphatic hydroxyl groups excluding tert-OH is 1. The largest absolute Gasteiger partial charge is 0.392 e. The molecule has 0 saturated heterocycles. The van der Waals surface area contributed by atoms with E-state index in [0.29, 0.717) is 25.0 Å². The third-order valence-electron chi connectivity index (χ3n) is 3.13. The van der Waals surface area contributed by atoms with Gasteiger partial charge in [0.05, 0.1) is 12.6 Å². The molecule has 17 heavy (non-hydrogen) atoms. The fourth-order valence-electron chi connectivity index (χ4n) is 2.33. The van der Waals surface area contributed by atoms with Gasteiger partial charge in [0.25, 0.3) is 0 Å². The molecule has 0 aliphatic heterocycles. The first-order chi connectivity index (χ1) is 8.08. The third-order valence-corrected chi connectivity index (χ3v) is 3.13. The highest BCUT2D eigenvalue weighted by Crippen LogP contribution is 2.17. The van der Waals surface area contributed by atoms with Gasteiger partial charge in [-0.1, -0.05) is 26.7 Å². The Balaban J connectivity index is 2.03. The zero-order valence-electron chi connectivity index (χ0n) is 11.0. The Morgan fingerprint density at radius 2 is 2.00 bits per heavy atom. The third kappa shape index (κ3) is 6.64. The fraction of sp³-hybridized carbons (Fsp3) is 0.923. The van der Waals surface area contributed by atoms with Crippen LogP contribution in [0.15, 0.2) is 0 Å². The zero-order valence-corrected chi connectivity index (χ0v) is 11.0. The van der Waals surface area contributed by atoms with Gasteiger partial charge < -0.3 is 15.7 Å². The summed E-state index contributed by atoms with van der Waals surface area (Å²) in [6.45, 7) is 4.97. The quantitative estimate of drug-likeness (QED) is 0.625. The van der Waals surface area contributed by atoms with Crippen LogP contribution in [-0.4, -0.2) is 36.2 Å². The summed E-state index contributed by atoms with van der Waals surface area (Å²) >= 11 is 0. The summed E-state index contributed by atoms with van der Waals surface area (Å²) in [6, 6.07) is 0.380. The van der Waals surface area contributed by atoms with Crippen LogP contribution in [0.3, 0.4) is 0 Å². The van der Waals surface area contributed by atoms with Crippen molar-refractivity contribution < 1.29 is 9.90 Å². The molecule has 100 valence electrons. The summed E-state index contributed by atoms with van der Waals surface area (Å²) in [7, 11) is 0. The van der Waals surface area contributed by atoms with E-state index in [4.69, 9.17) is 0 Å². The van der Waals surface area contributed by atoms with Crippen molar-refractivity contribution in [3.63, 3.8) is 0 Å². The molecule has 0 radical (unpaired) electrons. The second-order valence-electron chi connectivity index (χ2n) is 5.46. The average molecular weight is 242 g/mol. The van der Waals surface area contributed by atoms with E-state index in [-0.39, 0.29) is 12.0 Å². The van der Waals surface area contributed by atoms with Crippen molar-refractivity contribution >= 4 is 5.91 Å². The first-order valence-corrected chi connectivity index (χ1v) is 6.76. The summed E-state index contributed by atoms with van der Waals surface area (Å²) in [5.74, 6) is 0.535. The summed E-state index contributed by atoms with van der Waals surface area (Å²) < 4.78 is 0. The molecule has 1 aliphatic carbocycles. The molecular formula is C13H26N2O2. The van der Waals surface area contributed by atoms with Crippen molar-refractivity contribution in [3.05, 3.63) is 0 Å². The van der Waals surface area contributed by atoms with E-state index in [2.05, 4.69) is 24.5 Å². The van der Waals surface area contributed by atoms with Crippen molar-refractivity contribution in [3.8, 4) is 0 Å². The van der Waals surface area contributed by atoms with Gasteiger partial charge in [-0.3, -0.25) is 4.79 Å². The molecule has 1 amide bonds. The van der Waals surface area contributed by atoms with Crippen LogP contribution in [0.5, 0.6) is 0 Å². The predicted molar refractivity (Wildman–Crippen MR) is 68.7 cm³/mol. The Bertz CT molecular complexity index is 225. The Labute approximate surface area is 104 Å². The van der Waals surface area contributed by atoms with Gasteiger partial charge in [-0.15, -0.1) is 0 Å². The minimum Gasteiger partial charge on any atom is -0.392 e. The van der Waals surface area contributed by atoms with Crippen LogP contribution in [-0.2, 0) is 4.79 Å². The van der Waals surface area contributed by atoms with E-state index in [0.717, 1.165) is 19.3 Å². The van der Waals surface area contributed by atoms with Gasteiger partial charge in [-0.25, -0.2) is 0 Å². The lowest BCUT2D eigenvalue weighted by Gasteiger charge is -2.15. The average Bonchev–Trinajstić information content (AvgIpc) is 2.69. The highest BCUT2D eigenvalue weighted by Gasteiger charge is 2.16. The van der Waals surface area contributed by atoms with E-state index < -0.39 is 0 Å². The van der Waals surface area contributed by atoms with Crippen LogP contribution in [0.4, 0.5) is 0 Å². The lowest BCUT2D eigenvalue weighted by molar-refractivity contribution is -0.120. The predicted octanol–water partition coefficient (Wildman–Crippen LogP) is 1.04.